The number of hydrogen-bond donors (Lipinski definition) is 2. The van der Waals surface area contributed by atoms with Gasteiger partial charge in [-0.05, 0) is 51.4 Å². The van der Waals surface area contributed by atoms with Crippen LogP contribution in [0, 0.1) is 6.92 Å². The zero-order valence-electron chi connectivity index (χ0n) is 15.6. The average molecular weight is 416 g/mol. The number of imidazole rings is 1. The number of rotatable bonds is 5. The predicted molar refractivity (Wildman–Crippen MR) is 110 cm³/mol. The molecule has 0 bridgehead atoms. The van der Waals surface area contributed by atoms with E-state index in [1.54, 1.807) is 17.8 Å². The third-order valence-electron chi connectivity index (χ3n) is 4.74. The lowest BCUT2D eigenvalue weighted by Gasteiger charge is -2.25. The Hall–Kier alpha value is -1.83. The molecule has 0 unspecified atom stereocenters. The van der Waals surface area contributed by atoms with E-state index in [-0.39, 0.29) is 47.9 Å². The van der Waals surface area contributed by atoms with Crippen LogP contribution in [0.2, 0.25) is 0 Å². The van der Waals surface area contributed by atoms with Crippen LogP contribution >= 0.6 is 24.8 Å². The van der Waals surface area contributed by atoms with Gasteiger partial charge in [0.25, 0.3) is 11.5 Å². The second kappa shape index (κ2) is 10.5. The van der Waals surface area contributed by atoms with Crippen LogP contribution in [-0.2, 0) is 13.1 Å². The summed E-state index contributed by atoms with van der Waals surface area (Å²) in [6.07, 6.45) is 7.25. The van der Waals surface area contributed by atoms with Crippen molar-refractivity contribution in [3.8, 4) is 0 Å². The van der Waals surface area contributed by atoms with Gasteiger partial charge in [-0.15, -0.1) is 24.8 Å². The highest BCUT2D eigenvalue weighted by Gasteiger charge is 2.21. The van der Waals surface area contributed by atoms with Gasteiger partial charge in [0.15, 0.2) is 0 Å². The van der Waals surface area contributed by atoms with Gasteiger partial charge in [-0.2, -0.15) is 0 Å². The summed E-state index contributed by atoms with van der Waals surface area (Å²) in [7, 11) is 0. The second-order valence-electron chi connectivity index (χ2n) is 6.45. The molecule has 9 heteroatoms. The molecule has 3 heterocycles. The molecule has 2 aromatic heterocycles. The van der Waals surface area contributed by atoms with Crippen LogP contribution in [0.25, 0.3) is 0 Å². The molecule has 0 aromatic carbocycles. The molecule has 0 aliphatic carbocycles. The Balaban J connectivity index is 0.00000182. The van der Waals surface area contributed by atoms with Crippen molar-refractivity contribution < 1.29 is 4.79 Å². The number of piperidine rings is 1. The first-order valence-electron chi connectivity index (χ1n) is 8.81. The lowest BCUT2D eigenvalue weighted by molar-refractivity contribution is 0.0947. The number of pyridine rings is 1. The van der Waals surface area contributed by atoms with Gasteiger partial charge in [0.1, 0.15) is 5.56 Å². The van der Waals surface area contributed by atoms with Crippen molar-refractivity contribution in [3.05, 3.63) is 52.0 Å². The summed E-state index contributed by atoms with van der Waals surface area (Å²) in [6.45, 7) is 6.77. The summed E-state index contributed by atoms with van der Waals surface area (Å²) in [5.41, 5.74) is 1.51. The second-order valence-corrected chi connectivity index (χ2v) is 6.45. The van der Waals surface area contributed by atoms with Crippen LogP contribution in [0.1, 0.15) is 47.4 Å². The Labute approximate surface area is 171 Å². The van der Waals surface area contributed by atoms with E-state index >= 15 is 0 Å². The predicted octanol–water partition coefficient (Wildman–Crippen LogP) is 2.07. The number of aryl methyl sites for hydroxylation is 2. The summed E-state index contributed by atoms with van der Waals surface area (Å²) in [5, 5.41) is 6.12. The minimum atomic E-state index is -0.336. The maximum atomic E-state index is 12.9. The average Bonchev–Trinajstić information content (AvgIpc) is 3.09. The number of amides is 1. The standard InChI is InChI=1S/C18H25N5O2.2ClH/c1-3-22-11-14(21-12-22)10-20-17(24)16-13(2)6-9-23(18(16)25)15-4-7-19-8-5-15;;/h6,9,11-12,15,19H,3-5,7-8,10H2,1-2H3,(H,20,24);2*1H. The fourth-order valence-corrected chi connectivity index (χ4v) is 3.22. The molecule has 2 N–H and O–H groups in total. The molecule has 0 radical (unpaired) electrons. The van der Waals surface area contributed by atoms with E-state index in [2.05, 4.69) is 15.6 Å². The van der Waals surface area contributed by atoms with Gasteiger partial charge in [-0.25, -0.2) is 4.98 Å². The molecule has 1 amide bonds. The molecule has 1 aliphatic heterocycles. The molecule has 1 aliphatic rings. The highest BCUT2D eigenvalue weighted by atomic mass is 35.5. The van der Waals surface area contributed by atoms with Crippen molar-refractivity contribution in [2.24, 2.45) is 0 Å². The first-order chi connectivity index (χ1) is 12.1. The van der Waals surface area contributed by atoms with E-state index in [1.165, 1.54) is 0 Å². The Morgan fingerprint density at radius 3 is 2.67 bits per heavy atom. The number of carbonyl (C=O) groups excluding carboxylic acids is 1. The fraction of sp³-hybridized carbons (Fsp3) is 0.500. The summed E-state index contributed by atoms with van der Waals surface area (Å²) < 4.78 is 3.66. The van der Waals surface area contributed by atoms with Gasteiger partial charge in [0.05, 0.1) is 18.6 Å². The Morgan fingerprint density at radius 2 is 2.04 bits per heavy atom. The Bertz CT molecular complexity index is 812. The number of aromatic nitrogens is 3. The molecule has 7 nitrogen and oxygen atoms in total. The zero-order valence-corrected chi connectivity index (χ0v) is 17.2. The van der Waals surface area contributed by atoms with Gasteiger partial charge in [0.2, 0.25) is 0 Å². The highest BCUT2D eigenvalue weighted by Crippen LogP contribution is 2.17. The fourth-order valence-electron chi connectivity index (χ4n) is 3.22. The number of nitrogens with zero attached hydrogens (tertiary/aromatic N) is 3. The minimum Gasteiger partial charge on any atom is -0.346 e. The van der Waals surface area contributed by atoms with Crippen LogP contribution < -0.4 is 16.2 Å². The number of halogens is 2. The Kier molecular flexibility index (Phi) is 9.02. The molecular formula is C18H27Cl2N5O2. The number of carbonyl (C=O) groups is 1. The van der Waals surface area contributed by atoms with Crippen molar-refractivity contribution >= 4 is 30.7 Å². The zero-order chi connectivity index (χ0) is 17.8. The quantitative estimate of drug-likeness (QED) is 0.782. The maximum Gasteiger partial charge on any atom is 0.263 e. The summed E-state index contributed by atoms with van der Waals surface area (Å²) in [4.78, 5) is 29.7. The minimum absolute atomic E-state index is 0. The van der Waals surface area contributed by atoms with E-state index in [0.717, 1.165) is 38.2 Å². The molecule has 1 saturated heterocycles. The van der Waals surface area contributed by atoms with Gasteiger partial charge < -0.3 is 19.8 Å². The van der Waals surface area contributed by atoms with Crippen LogP contribution in [0.3, 0.4) is 0 Å². The third-order valence-corrected chi connectivity index (χ3v) is 4.74. The molecule has 3 rings (SSSR count). The number of nitrogens with one attached hydrogen (secondary N) is 2. The van der Waals surface area contributed by atoms with E-state index in [1.807, 2.05) is 30.0 Å². The van der Waals surface area contributed by atoms with Gasteiger partial charge in [-0.3, -0.25) is 9.59 Å². The summed E-state index contributed by atoms with van der Waals surface area (Å²) >= 11 is 0. The molecule has 150 valence electrons. The summed E-state index contributed by atoms with van der Waals surface area (Å²) in [5.74, 6) is -0.336. The summed E-state index contributed by atoms with van der Waals surface area (Å²) in [6, 6.07) is 2.01. The van der Waals surface area contributed by atoms with Crippen molar-refractivity contribution in [1.82, 2.24) is 24.8 Å². The van der Waals surface area contributed by atoms with Crippen LogP contribution in [0.4, 0.5) is 0 Å². The smallest absolute Gasteiger partial charge is 0.263 e. The van der Waals surface area contributed by atoms with Crippen LogP contribution in [-0.4, -0.2) is 33.1 Å². The number of hydrogen-bond acceptors (Lipinski definition) is 4. The lowest BCUT2D eigenvalue weighted by Crippen LogP contribution is -2.38. The first-order valence-corrected chi connectivity index (χ1v) is 8.81. The molecule has 27 heavy (non-hydrogen) atoms. The molecule has 0 spiro atoms. The third kappa shape index (κ3) is 5.34. The topological polar surface area (TPSA) is 81.0 Å². The van der Waals surface area contributed by atoms with Crippen molar-refractivity contribution in [1.29, 1.82) is 0 Å². The highest BCUT2D eigenvalue weighted by molar-refractivity contribution is 5.95. The lowest BCUT2D eigenvalue weighted by atomic mass is 10.0. The van der Waals surface area contributed by atoms with E-state index in [0.29, 0.717) is 12.1 Å². The van der Waals surface area contributed by atoms with Gasteiger partial charge in [0, 0.05) is 25.0 Å². The van der Waals surface area contributed by atoms with Crippen LogP contribution in [0.5, 0.6) is 0 Å². The van der Waals surface area contributed by atoms with Crippen molar-refractivity contribution in [3.63, 3.8) is 0 Å². The first kappa shape index (κ1) is 23.2. The van der Waals surface area contributed by atoms with E-state index in [9.17, 15) is 9.59 Å². The van der Waals surface area contributed by atoms with Crippen molar-refractivity contribution in [2.45, 2.75) is 45.8 Å². The van der Waals surface area contributed by atoms with Gasteiger partial charge in [-0.1, -0.05) is 0 Å². The molecule has 0 atom stereocenters. The molecule has 2 aromatic rings. The maximum absolute atomic E-state index is 12.9. The molecule has 1 fully saturated rings. The van der Waals surface area contributed by atoms with E-state index in [4.69, 9.17) is 0 Å². The largest absolute Gasteiger partial charge is 0.346 e. The van der Waals surface area contributed by atoms with E-state index < -0.39 is 0 Å². The molecule has 0 saturated carbocycles. The van der Waals surface area contributed by atoms with Gasteiger partial charge >= 0.3 is 0 Å². The normalized spacial score (nSPS) is 14.1. The molecular weight excluding hydrogens is 389 g/mol. The monoisotopic (exact) mass is 415 g/mol. The van der Waals surface area contributed by atoms with Crippen LogP contribution in [0.15, 0.2) is 29.6 Å². The SMILES string of the molecule is CCn1cnc(CNC(=O)c2c(C)ccn(C3CCNCC3)c2=O)c1.Cl.Cl. The van der Waals surface area contributed by atoms with Crippen molar-refractivity contribution in [2.75, 3.05) is 13.1 Å². The Morgan fingerprint density at radius 1 is 1.33 bits per heavy atom.